The van der Waals surface area contributed by atoms with Crippen LogP contribution in [0.2, 0.25) is 0 Å². The van der Waals surface area contributed by atoms with Gasteiger partial charge in [0.25, 0.3) is 5.91 Å². The molecule has 3 rings (SSSR count). The zero-order chi connectivity index (χ0) is 23.3. The Kier molecular flexibility index (Phi) is 7.40. The fourth-order valence-electron chi connectivity index (χ4n) is 3.74. The van der Waals surface area contributed by atoms with Crippen molar-refractivity contribution in [1.29, 1.82) is 0 Å². The minimum absolute atomic E-state index is 0.138. The number of amides is 2. The average molecular weight is 460 g/mol. The van der Waals surface area contributed by atoms with Crippen LogP contribution in [0.15, 0.2) is 42.5 Å². The number of carbonyl (C=O) groups excluding carboxylic acids is 2. The van der Waals surface area contributed by atoms with Crippen LogP contribution < -0.4 is 14.4 Å². The predicted molar refractivity (Wildman–Crippen MR) is 125 cm³/mol. The largest absolute Gasteiger partial charge is 0.495 e. The highest BCUT2D eigenvalue weighted by atomic mass is 32.2. The maximum Gasteiger partial charge on any atom is 0.255 e. The number of anilines is 2. The number of methoxy groups -OCH3 is 1. The molecular formula is C23H29N3O5S. The van der Waals surface area contributed by atoms with E-state index in [2.05, 4.69) is 5.32 Å². The number of para-hydroxylation sites is 1. The molecule has 0 radical (unpaired) electrons. The molecule has 0 bridgehead atoms. The van der Waals surface area contributed by atoms with Gasteiger partial charge in [-0.25, -0.2) is 8.42 Å². The quantitative estimate of drug-likeness (QED) is 0.687. The van der Waals surface area contributed by atoms with Crippen LogP contribution in [0, 0.1) is 6.92 Å². The molecule has 32 heavy (non-hydrogen) atoms. The van der Waals surface area contributed by atoms with Gasteiger partial charge < -0.3 is 15.0 Å². The summed E-state index contributed by atoms with van der Waals surface area (Å²) in [6.45, 7) is 2.75. The van der Waals surface area contributed by atoms with Crippen molar-refractivity contribution >= 4 is 33.2 Å². The third kappa shape index (κ3) is 5.59. The first-order valence-electron chi connectivity index (χ1n) is 10.5. The number of carbonyl (C=O) groups is 2. The Hall–Kier alpha value is -3.07. The number of benzene rings is 2. The molecule has 1 N–H and O–H groups in total. The Balaban J connectivity index is 1.84. The van der Waals surface area contributed by atoms with Crippen molar-refractivity contribution in [2.75, 3.05) is 42.6 Å². The predicted octanol–water partition coefficient (Wildman–Crippen LogP) is 3.03. The number of likely N-dealkylation sites (tertiary alicyclic amines) is 1. The lowest BCUT2D eigenvalue weighted by Crippen LogP contribution is -2.38. The van der Waals surface area contributed by atoms with Crippen LogP contribution in [0.4, 0.5) is 11.4 Å². The molecule has 2 aromatic carbocycles. The number of hydrogen-bond acceptors (Lipinski definition) is 5. The summed E-state index contributed by atoms with van der Waals surface area (Å²) in [5.41, 5.74) is 1.86. The van der Waals surface area contributed by atoms with Crippen LogP contribution in [0.5, 0.6) is 5.75 Å². The molecule has 0 spiro atoms. The number of piperidine rings is 1. The molecule has 2 aromatic rings. The van der Waals surface area contributed by atoms with Crippen molar-refractivity contribution in [1.82, 2.24) is 4.90 Å². The number of nitrogens with one attached hydrogen (secondary N) is 1. The molecule has 0 aromatic heterocycles. The van der Waals surface area contributed by atoms with Gasteiger partial charge in [0.15, 0.2) is 0 Å². The lowest BCUT2D eigenvalue weighted by molar-refractivity contribution is -0.114. The summed E-state index contributed by atoms with van der Waals surface area (Å²) in [5, 5.41) is 2.72. The fourth-order valence-corrected chi connectivity index (χ4v) is 4.59. The molecule has 2 amide bonds. The minimum Gasteiger partial charge on any atom is -0.495 e. The third-order valence-corrected chi connectivity index (χ3v) is 6.49. The first-order valence-corrected chi connectivity index (χ1v) is 12.4. The van der Waals surface area contributed by atoms with E-state index < -0.39 is 22.5 Å². The highest BCUT2D eigenvalue weighted by Gasteiger charge is 2.26. The SMILES string of the molecule is COc1ccc(C)cc1N(CC(=O)Nc1ccccc1C(=O)N1CCCCC1)S(C)(=O)=O. The number of hydrogen-bond donors (Lipinski definition) is 1. The van der Waals surface area contributed by atoms with Crippen molar-refractivity contribution in [2.24, 2.45) is 0 Å². The Morgan fingerprint density at radius 2 is 1.78 bits per heavy atom. The summed E-state index contributed by atoms with van der Waals surface area (Å²) >= 11 is 0. The molecule has 0 atom stereocenters. The molecule has 1 aliphatic heterocycles. The Bertz CT molecular complexity index is 1090. The fraction of sp³-hybridized carbons (Fsp3) is 0.391. The molecule has 9 heteroatoms. The smallest absolute Gasteiger partial charge is 0.255 e. The number of sulfonamides is 1. The summed E-state index contributed by atoms with van der Waals surface area (Å²) < 4.78 is 31.3. The van der Waals surface area contributed by atoms with Crippen molar-refractivity contribution in [3.8, 4) is 5.75 Å². The monoisotopic (exact) mass is 459 g/mol. The van der Waals surface area contributed by atoms with Crippen LogP contribution in [0.3, 0.4) is 0 Å². The van der Waals surface area contributed by atoms with Gasteiger partial charge in [0, 0.05) is 13.1 Å². The van der Waals surface area contributed by atoms with Gasteiger partial charge in [-0.15, -0.1) is 0 Å². The zero-order valence-electron chi connectivity index (χ0n) is 18.6. The zero-order valence-corrected chi connectivity index (χ0v) is 19.4. The highest BCUT2D eigenvalue weighted by molar-refractivity contribution is 7.92. The second kappa shape index (κ2) is 10.0. The summed E-state index contributed by atoms with van der Waals surface area (Å²) in [6, 6.07) is 11.9. The minimum atomic E-state index is -3.78. The van der Waals surface area contributed by atoms with Crippen LogP contribution in [-0.2, 0) is 14.8 Å². The van der Waals surface area contributed by atoms with Crippen LogP contribution in [0.25, 0.3) is 0 Å². The molecule has 172 valence electrons. The number of ether oxygens (including phenoxy) is 1. The van der Waals surface area contributed by atoms with Gasteiger partial charge in [-0.2, -0.15) is 0 Å². The molecule has 0 saturated carbocycles. The summed E-state index contributed by atoms with van der Waals surface area (Å²) in [4.78, 5) is 27.7. The third-order valence-electron chi connectivity index (χ3n) is 5.37. The van der Waals surface area contributed by atoms with E-state index in [4.69, 9.17) is 4.74 Å². The molecule has 1 heterocycles. The standard InChI is InChI=1S/C23H29N3O5S/c1-17-11-12-21(31-2)20(15-17)26(32(3,29)30)16-22(27)24-19-10-6-5-9-18(19)23(28)25-13-7-4-8-14-25/h5-6,9-12,15H,4,7-8,13-14,16H2,1-3H3,(H,24,27). The summed E-state index contributed by atoms with van der Waals surface area (Å²) in [7, 11) is -2.34. The number of aryl methyl sites for hydroxylation is 1. The molecule has 8 nitrogen and oxygen atoms in total. The van der Waals surface area contributed by atoms with Gasteiger partial charge in [-0.05, 0) is 56.0 Å². The lowest BCUT2D eigenvalue weighted by Gasteiger charge is -2.28. The second-order valence-corrected chi connectivity index (χ2v) is 9.80. The Morgan fingerprint density at radius 3 is 2.44 bits per heavy atom. The number of rotatable bonds is 7. The first-order chi connectivity index (χ1) is 15.2. The number of nitrogens with zero attached hydrogens (tertiary/aromatic N) is 2. The second-order valence-electron chi connectivity index (χ2n) is 7.89. The van der Waals surface area contributed by atoms with E-state index in [-0.39, 0.29) is 11.6 Å². The molecule has 1 aliphatic rings. The molecular weight excluding hydrogens is 430 g/mol. The van der Waals surface area contributed by atoms with Gasteiger partial charge in [-0.3, -0.25) is 13.9 Å². The van der Waals surface area contributed by atoms with E-state index in [9.17, 15) is 18.0 Å². The summed E-state index contributed by atoms with van der Waals surface area (Å²) in [5.74, 6) is -0.353. The van der Waals surface area contributed by atoms with Gasteiger partial charge in [0.1, 0.15) is 12.3 Å². The maximum atomic E-state index is 13.0. The lowest BCUT2D eigenvalue weighted by atomic mass is 10.1. The van der Waals surface area contributed by atoms with Gasteiger partial charge >= 0.3 is 0 Å². The Morgan fingerprint density at radius 1 is 1.09 bits per heavy atom. The van der Waals surface area contributed by atoms with Gasteiger partial charge in [0.2, 0.25) is 15.9 Å². The van der Waals surface area contributed by atoms with Crippen LogP contribution in [-0.4, -0.2) is 58.1 Å². The molecule has 0 aliphatic carbocycles. The average Bonchev–Trinajstić information content (AvgIpc) is 2.77. The van der Waals surface area contributed by atoms with E-state index in [1.54, 1.807) is 47.4 Å². The summed E-state index contributed by atoms with van der Waals surface area (Å²) in [6.07, 6.45) is 4.06. The van der Waals surface area contributed by atoms with Crippen molar-refractivity contribution in [3.05, 3.63) is 53.6 Å². The van der Waals surface area contributed by atoms with E-state index in [1.807, 2.05) is 6.92 Å². The van der Waals surface area contributed by atoms with Crippen molar-refractivity contribution in [2.45, 2.75) is 26.2 Å². The van der Waals surface area contributed by atoms with Crippen molar-refractivity contribution in [3.63, 3.8) is 0 Å². The van der Waals surface area contributed by atoms with E-state index in [0.717, 1.165) is 35.4 Å². The van der Waals surface area contributed by atoms with Crippen LogP contribution >= 0.6 is 0 Å². The van der Waals surface area contributed by atoms with Gasteiger partial charge in [0.05, 0.1) is 30.3 Å². The van der Waals surface area contributed by atoms with E-state index in [1.165, 1.54) is 7.11 Å². The van der Waals surface area contributed by atoms with Crippen molar-refractivity contribution < 1.29 is 22.7 Å². The van der Waals surface area contributed by atoms with Gasteiger partial charge in [-0.1, -0.05) is 18.2 Å². The molecule has 1 saturated heterocycles. The van der Waals surface area contributed by atoms with E-state index in [0.29, 0.717) is 30.1 Å². The molecule has 0 unspecified atom stereocenters. The first kappa shape index (κ1) is 23.6. The van der Waals surface area contributed by atoms with E-state index >= 15 is 0 Å². The van der Waals surface area contributed by atoms with Crippen LogP contribution in [0.1, 0.15) is 35.2 Å². The Labute approximate surface area is 189 Å². The molecule has 1 fully saturated rings. The highest BCUT2D eigenvalue weighted by Crippen LogP contribution is 2.31. The maximum absolute atomic E-state index is 13.0. The topological polar surface area (TPSA) is 96.0 Å². The normalized spacial score (nSPS) is 14.0.